The van der Waals surface area contributed by atoms with Crippen molar-refractivity contribution in [2.75, 3.05) is 19.6 Å². The molecule has 4 nitrogen and oxygen atoms in total. The summed E-state index contributed by atoms with van der Waals surface area (Å²) in [4.78, 5) is 20.5. The van der Waals surface area contributed by atoms with E-state index in [4.69, 9.17) is 0 Å². The zero-order chi connectivity index (χ0) is 14.8. The molecule has 0 bridgehead atoms. The van der Waals surface area contributed by atoms with E-state index in [2.05, 4.69) is 15.2 Å². The van der Waals surface area contributed by atoms with E-state index >= 15 is 0 Å². The Balaban J connectivity index is 1.39. The normalized spacial score (nSPS) is 20.7. The number of aromatic nitrogens is 1. The molecule has 5 heteroatoms. The average molecular weight is 307 g/mol. The number of piperidine rings is 1. The zero-order valence-electron chi connectivity index (χ0n) is 13.0. The van der Waals surface area contributed by atoms with Crippen LogP contribution in [0.1, 0.15) is 41.3 Å². The highest BCUT2D eigenvalue weighted by Gasteiger charge is 2.33. The summed E-state index contributed by atoms with van der Waals surface area (Å²) < 4.78 is 0. The number of likely N-dealkylation sites (tertiary alicyclic amines) is 1. The lowest BCUT2D eigenvalue weighted by Crippen LogP contribution is -2.41. The topological polar surface area (TPSA) is 45.2 Å². The summed E-state index contributed by atoms with van der Waals surface area (Å²) in [5.74, 6) is 0.480. The van der Waals surface area contributed by atoms with Crippen LogP contribution in [-0.4, -0.2) is 41.5 Å². The van der Waals surface area contributed by atoms with Crippen LogP contribution >= 0.6 is 11.3 Å². The minimum Gasteiger partial charge on any atom is -0.355 e. The van der Waals surface area contributed by atoms with E-state index in [9.17, 15) is 4.79 Å². The summed E-state index contributed by atoms with van der Waals surface area (Å²) in [6.07, 6.45) is 5.70. The Morgan fingerprint density at radius 3 is 2.57 bits per heavy atom. The number of hydrogen-bond donors (Lipinski definition) is 1. The Hall–Kier alpha value is -0.940. The van der Waals surface area contributed by atoms with Crippen LogP contribution < -0.4 is 5.32 Å². The van der Waals surface area contributed by atoms with Gasteiger partial charge >= 0.3 is 0 Å². The van der Waals surface area contributed by atoms with Crippen LogP contribution in [-0.2, 0) is 11.2 Å². The standard InChI is InChI=1S/C16H25N3OS/c1-11-15(21-12(2)18-11)5-8-17-16(20)13-6-9-19(10-7-13)14-3-4-14/h13-14H,3-10H2,1-2H3,(H,17,20). The molecule has 3 rings (SSSR count). The maximum absolute atomic E-state index is 12.2. The molecule has 2 fully saturated rings. The molecule has 0 unspecified atom stereocenters. The molecule has 21 heavy (non-hydrogen) atoms. The van der Waals surface area contributed by atoms with Crippen LogP contribution in [0.5, 0.6) is 0 Å². The van der Waals surface area contributed by atoms with E-state index in [1.807, 2.05) is 13.8 Å². The van der Waals surface area contributed by atoms with Gasteiger partial charge in [0.2, 0.25) is 5.91 Å². The fourth-order valence-electron chi connectivity index (χ4n) is 3.22. The van der Waals surface area contributed by atoms with Gasteiger partial charge in [0.05, 0.1) is 10.7 Å². The van der Waals surface area contributed by atoms with E-state index in [0.29, 0.717) is 0 Å². The second kappa shape index (κ2) is 6.44. The molecule has 2 aliphatic rings. The van der Waals surface area contributed by atoms with Crippen molar-refractivity contribution in [3.63, 3.8) is 0 Å². The third-order valence-electron chi connectivity index (χ3n) is 4.61. The maximum atomic E-state index is 12.2. The number of rotatable bonds is 5. The number of thiazole rings is 1. The minimum atomic E-state index is 0.226. The van der Waals surface area contributed by atoms with Crippen molar-refractivity contribution >= 4 is 17.2 Å². The maximum Gasteiger partial charge on any atom is 0.223 e. The molecule has 1 amide bonds. The Morgan fingerprint density at radius 2 is 2.00 bits per heavy atom. The lowest BCUT2D eigenvalue weighted by molar-refractivity contribution is -0.126. The van der Waals surface area contributed by atoms with Crippen LogP contribution in [0.25, 0.3) is 0 Å². The second-order valence-electron chi connectivity index (χ2n) is 6.32. The summed E-state index contributed by atoms with van der Waals surface area (Å²) in [5, 5.41) is 4.23. The lowest BCUT2D eigenvalue weighted by atomic mass is 9.96. The van der Waals surface area contributed by atoms with Gasteiger partial charge in [0.25, 0.3) is 0 Å². The number of nitrogens with one attached hydrogen (secondary N) is 1. The molecule has 0 radical (unpaired) electrons. The van der Waals surface area contributed by atoms with Gasteiger partial charge in [0.1, 0.15) is 0 Å². The van der Waals surface area contributed by atoms with E-state index in [0.717, 1.165) is 55.6 Å². The number of aryl methyl sites for hydroxylation is 2. The van der Waals surface area contributed by atoms with Crippen molar-refractivity contribution in [3.8, 4) is 0 Å². The van der Waals surface area contributed by atoms with Gasteiger partial charge in [-0.1, -0.05) is 0 Å². The zero-order valence-corrected chi connectivity index (χ0v) is 13.8. The van der Waals surface area contributed by atoms with Crippen LogP contribution in [0.4, 0.5) is 0 Å². The third kappa shape index (κ3) is 3.83. The molecule has 0 atom stereocenters. The number of amides is 1. The molecule has 1 aliphatic carbocycles. The first-order valence-electron chi connectivity index (χ1n) is 8.08. The Morgan fingerprint density at radius 1 is 1.29 bits per heavy atom. The molecule has 1 aromatic rings. The quantitative estimate of drug-likeness (QED) is 0.908. The van der Waals surface area contributed by atoms with Gasteiger partial charge in [-0.25, -0.2) is 4.98 Å². The van der Waals surface area contributed by atoms with Gasteiger partial charge in [-0.05, 0) is 52.6 Å². The van der Waals surface area contributed by atoms with Crippen molar-refractivity contribution in [1.82, 2.24) is 15.2 Å². The molecule has 1 aromatic heterocycles. The summed E-state index contributed by atoms with van der Waals surface area (Å²) in [5.41, 5.74) is 1.12. The van der Waals surface area contributed by atoms with Crippen LogP contribution in [0.3, 0.4) is 0 Å². The van der Waals surface area contributed by atoms with E-state index < -0.39 is 0 Å². The highest BCUT2D eigenvalue weighted by atomic mass is 32.1. The highest BCUT2D eigenvalue weighted by Crippen LogP contribution is 2.30. The molecule has 0 spiro atoms. The first-order chi connectivity index (χ1) is 10.1. The summed E-state index contributed by atoms with van der Waals surface area (Å²) in [7, 11) is 0. The largest absolute Gasteiger partial charge is 0.355 e. The van der Waals surface area contributed by atoms with Crippen molar-refractivity contribution in [2.24, 2.45) is 5.92 Å². The molecule has 2 heterocycles. The van der Waals surface area contributed by atoms with Crippen LogP contribution in [0, 0.1) is 19.8 Å². The smallest absolute Gasteiger partial charge is 0.223 e. The van der Waals surface area contributed by atoms with Crippen LogP contribution in [0.2, 0.25) is 0 Å². The monoisotopic (exact) mass is 307 g/mol. The van der Waals surface area contributed by atoms with Crippen LogP contribution in [0.15, 0.2) is 0 Å². The molecule has 1 saturated heterocycles. The molecular formula is C16H25N3OS. The fraction of sp³-hybridized carbons (Fsp3) is 0.750. The predicted molar refractivity (Wildman–Crippen MR) is 85.6 cm³/mol. The first-order valence-corrected chi connectivity index (χ1v) is 8.90. The first kappa shape index (κ1) is 15.0. The second-order valence-corrected chi connectivity index (χ2v) is 7.61. The van der Waals surface area contributed by atoms with Crippen molar-refractivity contribution < 1.29 is 4.79 Å². The summed E-state index contributed by atoms with van der Waals surface area (Å²) in [6, 6.07) is 0.839. The Bertz CT molecular complexity index is 502. The lowest BCUT2D eigenvalue weighted by Gasteiger charge is -2.31. The van der Waals surface area contributed by atoms with Crippen molar-refractivity contribution in [3.05, 3.63) is 15.6 Å². The highest BCUT2D eigenvalue weighted by molar-refractivity contribution is 7.11. The van der Waals surface area contributed by atoms with Gasteiger partial charge in [-0.2, -0.15) is 0 Å². The molecule has 1 aliphatic heterocycles. The number of hydrogen-bond acceptors (Lipinski definition) is 4. The summed E-state index contributed by atoms with van der Waals surface area (Å²) >= 11 is 1.74. The molecule has 1 N–H and O–H groups in total. The third-order valence-corrected chi connectivity index (χ3v) is 5.75. The number of carbonyl (C=O) groups is 1. The minimum absolute atomic E-state index is 0.226. The molecule has 1 saturated carbocycles. The van der Waals surface area contributed by atoms with Gasteiger partial charge in [0.15, 0.2) is 0 Å². The molecule has 116 valence electrons. The SMILES string of the molecule is Cc1nc(C)c(CCNC(=O)C2CCN(C3CC3)CC2)s1. The van der Waals surface area contributed by atoms with E-state index in [1.54, 1.807) is 11.3 Å². The molecular weight excluding hydrogens is 282 g/mol. The number of carbonyl (C=O) groups excluding carboxylic acids is 1. The van der Waals surface area contributed by atoms with Gasteiger partial charge < -0.3 is 10.2 Å². The Kier molecular flexibility index (Phi) is 4.60. The van der Waals surface area contributed by atoms with E-state index in [-0.39, 0.29) is 11.8 Å². The van der Waals surface area contributed by atoms with Gasteiger partial charge in [0, 0.05) is 29.8 Å². The van der Waals surface area contributed by atoms with Gasteiger partial charge in [-0.15, -0.1) is 11.3 Å². The Labute approximate surface area is 130 Å². The molecule has 0 aromatic carbocycles. The van der Waals surface area contributed by atoms with Crippen molar-refractivity contribution in [2.45, 2.75) is 52.0 Å². The van der Waals surface area contributed by atoms with E-state index in [1.165, 1.54) is 17.7 Å². The van der Waals surface area contributed by atoms with Crippen molar-refractivity contribution in [1.29, 1.82) is 0 Å². The fourth-order valence-corrected chi connectivity index (χ4v) is 4.15. The number of nitrogens with zero attached hydrogens (tertiary/aromatic N) is 2. The van der Waals surface area contributed by atoms with Gasteiger partial charge in [-0.3, -0.25) is 4.79 Å². The average Bonchev–Trinajstić information content (AvgIpc) is 3.26. The summed E-state index contributed by atoms with van der Waals surface area (Å²) in [6.45, 7) is 7.04. The predicted octanol–water partition coefficient (Wildman–Crippen LogP) is 2.29.